The van der Waals surface area contributed by atoms with Crippen LogP contribution in [0, 0.1) is 0 Å². The highest BCUT2D eigenvalue weighted by Gasteiger charge is 2.16. The summed E-state index contributed by atoms with van der Waals surface area (Å²) in [6.45, 7) is 2.52. The van der Waals surface area contributed by atoms with Gasteiger partial charge in [0.25, 0.3) is 0 Å². The maximum atomic E-state index is 11.6. The fourth-order valence-electron chi connectivity index (χ4n) is 1.81. The van der Waals surface area contributed by atoms with Gasteiger partial charge in [-0.1, -0.05) is 34.9 Å². The summed E-state index contributed by atoms with van der Waals surface area (Å²) in [7, 11) is 5.40. The van der Waals surface area contributed by atoms with E-state index in [1.165, 1.54) is 25.6 Å². The molecule has 0 aliphatic carbocycles. The van der Waals surface area contributed by atoms with Crippen molar-refractivity contribution in [1.29, 1.82) is 0 Å². The van der Waals surface area contributed by atoms with Crippen LogP contribution in [0.15, 0.2) is 0 Å². The predicted molar refractivity (Wildman–Crippen MR) is 84.5 cm³/mol. The minimum atomic E-state index is -0.374. The molecule has 2 amide bonds. The first-order chi connectivity index (χ1) is 9.63. The number of unbranched alkanes of at least 4 members (excludes halogenated alkanes) is 1. The van der Waals surface area contributed by atoms with E-state index in [0.717, 1.165) is 23.2 Å². The number of carbonyl (C=O) groups excluding carboxylic acids is 2. The molecule has 1 N–H and O–H groups in total. The maximum Gasteiger partial charge on any atom is 0.350 e. The van der Waals surface area contributed by atoms with Crippen LogP contribution in [-0.4, -0.2) is 41.7 Å². The molecule has 5 nitrogen and oxygen atoms in total. The van der Waals surface area contributed by atoms with E-state index in [1.54, 1.807) is 0 Å². The van der Waals surface area contributed by atoms with E-state index in [9.17, 15) is 9.59 Å². The summed E-state index contributed by atoms with van der Waals surface area (Å²) >= 11 is 0. The van der Waals surface area contributed by atoms with E-state index < -0.39 is 0 Å². The zero-order chi connectivity index (χ0) is 14.8. The minimum absolute atomic E-state index is 0.328. The van der Waals surface area contributed by atoms with Gasteiger partial charge in [0.15, 0.2) is 0 Å². The topological polar surface area (TPSA) is 58.6 Å². The second-order valence-corrected chi connectivity index (χ2v) is 7.55. The van der Waals surface area contributed by atoms with Crippen LogP contribution in [0.4, 0.5) is 4.79 Å². The molecule has 0 aromatic heterocycles. The highest BCUT2D eigenvalue weighted by Crippen LogP contribution is 2.39. The molecular weight excluding hydrogens is 296 g/mol. The highest BCUT2D eigenvalue weighted by molar-refractivity contribution is 8.77. The standard InChI is InChI=1S/C13H24N2O3S2/c1-3-6-12(16)18-15(2)13(17)14-9-5-4-7-11-8-10-19-20-11/h11H,3-10H2,1-2H3,(H,14,17). The van der Waals surface area contributed by atoms with E-state index >= 15 is 0 Å². The fourth-order valence-corrected chi connectivity index (χ4v) is 4.84. The Hall–Kier alpha value is -0.560. The summed E-state index contributed by atoms with van der Waals surface area (Å²) in [5.74, 6) is 0.890. The summed E-state index contributed by atoms with van der Waals surface area (Å²) in [5, 5.41) is 4.51. The molecule has 1 aliphatic rings. The second-order valence-electron chi connectivity index (χ2n) is 4.77. The van der Waals surface area contributed by atoms with Gasteiger partial charge in [-0.15, -0.1) is 0 Å². The Bertz CT molecular complexity index is 310. The van der Waals surface area contributed by atoms with Gasteiger partial charge in [-0.05, 0) is 25.7 Å². The van der Waals surface area contributed by atoms with E-state index in [0.29, 0.717) is 19.4 Å². The Kier molecular flexibility index (Phi) is 8.93. The molecule has 0 spiro atoms. The molecule has 1 heterocycles. The third-order valence-electron chi connectivity index (χ3n) is 2.94. The molecule has 0 aromatic carbocycles. The summed E-state index contributed by atoms with van der Waals surface area (Å²) in [4.78, 5) is 27.7. The monoisotopic (exact) mass is 320 g/mol. The van der Waals surface area contributed by atoms with E-state index in [2.05, 4.69) is 5.32 Å². The molecule has 20 heavy (non-hydrogen) atoms. The molecule has 0 bridgehead atoms. The zero-order valence-corrected chi connectivity index (χ0v) is 13.9. The molecule has 1 atom stereocenters. The molecule has 116 valence electrons. The molecule has 0 radical (unpaired) electrons. The van der Waals surface area contributed by atoms with Crippen molar-refractivity contribution in [2.45, 2.75) is 50.7 Å². The Balaban J connectivity index is 2.02. The lowest BCUT2D eigenvalue weighted by molar-refractivity contribution is -0.172. The molecule has 1 aliphatic heterocycles. The van der Waals surface area contributed by atoms with Crippen LogP contribution in [0.2, 0.25) is 0 Å². The van der Waals surface area contributed by atoms with Crippen LogP contribution in [-0.2, 0) is 9.63 Å². The van der Waals surface area contributed by atoms with Crippen LogP contribution in [0.3, 0.4) is 0 Å². The summed E-state index contributed by atoms with van der Waals surface area (Å²) in [6, 6.07) is -0.361. The molecule has 7 heteroatoms. The second kappa shape index (κ2) is 10.2. The van der Waals surface area contributed by atoms with Gasteiger partial charge < -0.3 is 10.2 Å². The number of amides is 2. The third kappa shape index (κ3) is 7.28. The zero-order valence-electron chi connectivity index (χ0n) is 12.2. The van der Waals surface area contributed by atoms with Crippen molar-refractivity contribution in [2.24, 2.45) is 0 Å². The number of nitrogens with one attached hydrogen (secondary N) is 1. The number of hydroxylamine groups is 2. The number of nitrogens with zero attached hydrogens (tertiary/aromatic N) is 1. The van der Waals surface area contributed by atoms with Gasteiger partial charge >= 0.3 is 12.0 Å². The number of hydrogen-bond acceptors (Lipinski definition) is 5. The number of carbonyl (C=O) groups is 2. The first-order valence-electron chi connectivity index (χ1n) is 7.14. The van der Waals surface area contributed by atoms with Crippen molar-refractivity contribution in [3.05, 3.63) is 0 Å². The van der Waals surface area contributed by atoms with E-state index in [1.807, 2.05) is 28.5 Å². The molecule has 1 rings (SSSR count). The van der Waals surface area contributed by atoms with Crippen molar-refractivity contribution >= 4 is 33.6 Å². The molecule has 0 saturated carbocycles. The summed E-state index contributed by atoms with van der Waals surface area (Å²) in [6.07, 6.45) is 5.65. The van der Waals surface area contributed by atoms with Crippen molar-refractivity contribution in [1.82, 2.24) is 10.4 Å². The van der Waals surface area contributed by atoms with E-state index in [4.69, 9.17) is 4.84 Å². The third-order valence-corrected chi connectivity index (χ3v) is 5.94. The van der Waals surface area contributed by atoms with Crippen LogP contribution in [0.1, 0.15) is 45.4 Å². The van der Waals surface area contributed by atoms with Gasteiger partial charge in [0.05, 0.1) is 7.05 Å². The van der Waals surface area contributed by atoms with Gasteiger partial charge in [-0.2, -0.15) is 5.06 Å². The first-order valence-corrected chi connectivity index (χ1v) is 9.52. The Morgan fingerprint density at radius 3 is 2.85 bits per heavy atom. The van der Waals surface area contributed by atoms with Gasteiger partial charge in [-0.25, -0.2) is 9.59 Å². The predicted octanol–water partition coefficient (Wildman–Crippen LogP) is 3.21. The molecule has 0 aromatic rings. The highest BCUT2D eigenvalue weighted by atomic mass is 33.1. The van der Waals surface area contributed by atoms with Crippen LogP contribution in [0.5, 0.6) is 0 Å². The van der Waals surface area contributed by atoms with Gasteiger partial charge in [0, 0.05) is 24.0 Å². The van der Waals surface area contributed by atoms with E-state index in [-0.39, 0.29) is 12.0 Å². The van der Waals surface area contributed by atoms with Crippen molar-refractivity contribution < 1.29 is 14.4 Å². The largest absolute Gasteiger partial charge is 0.350 e. The average Bonchev–Trinajstić information content (AvgIpc) is 2.91. The average molecular weight is 320 g/mol. The van der Waals surface area contributed by atoms with Crippen LogP contribution < -0.4 is 5.32 Å². The number of urea groups is 1. The lowest BCUT2D eigenvalue weighted by atomic mass is 10.1. The maximum absolute atomic E-state index is 11.6. The minimum Gasteiger partial charge on any atom is -0.337 e. The van der Waals surface area contributed by atoms with Crippen LogP contribution in [0.25, 0.3) is 0 Å². The summed E-state index contributed by atoms with van der Waals surface area (Å²) < 4.78 is 0. The Labute approximate surface area is 128 Å². The smallest absolute Gasteiger partial charge is 0.337 e. The molecular formula is C13H24N2O3S2. The van der Waals surface area contributed by atoms with Crippen molar-refractivity contribution in [2.75, 3.05) is 19.3 Å². The van der Waals surface area contributed by atoms with Gasteiger partial charge in [0.1, 0.15) is 0 Å². The molecule has 1 unspecified atom stereocenters. The fraction of sp³-hybridized carbons (Fsp3) is 0.846. The van der Waals surface area contributed by atoms with Gasteiger partial charge in [0.2, 0.25) is 0 Å². The quantitative estimate of drug-likeness (QED) is 0.443. The Morgan fingerprint density at radius 1 is 1.40 bits per heavy atom. The lowest BCUT2D eigenvalue weighted by Gasteiger charge is -2.16. The van der Waals surface area contributed by atoms with Crippen LogP contribution >= 0.6 is 21.6 Å². The molecule has 1 saturated heterocycles. The molecule has 1 fully saturated rings. The SMILES string of the molecule is CCCC(=O)ON(C)C(=O)NCCCCC1CCSS1. The van der Waals surface area contributed by atoms with Crippen molar-refractivity contribution in [3.8, 4) is 0 Å². The normalized spacial score (nSPS) is 17.8. The first kappa shape index (κ1) is 17.5. The Morgan fingerprint density at radius 2 is 2.20 bits per heavy atom. The lowest BCUT2D eigenvalue weighted by Crippen LogP contribution is -2.39. The summed E-state index contributed by atoms with van der Waals surface area (Å²) in [5.41, 5.74) is 0. The van der Waals surface area contributed by atoms with Crippen molar-refractivity contribution in [3.63, 3.8) is 0 Å². The van der Waals surface area contributed by atoms with Gasteiger partial charge in [-0.3, -0.25) is 0 Å². The number of rotatable bonds is 7. The number of hydrogen-bond donors (Lipinski definition) is 1.